The van der Waals surface area contributed by atoms with Gasteiger partial charge in [0.2, 0.25) is 0 Å². The lowest BCUT2D eigenvalue weighted by Crippen LogP contribution is -2.24. The second-order valence-electron chi connectivity index (χ2n) is 6.74. The Morgan fingerprint density at radius 2 is 2.19 bits per heavy atom. The number of carbonyl (C=O) groups excluding carboxylic acids is 1. The second kappa shape index (κ2) is 7.41. The van der Waals surface area contributed by atoms with Crippen LogP contribution in [-0.4, -0.2) is 17.4 Å². The van der Waals surface area contributed by atoms with E-state index in [0.717, 1.165) is 30.2 Å². The number of rotatable bonds is 5. The molecule has 26 heavy (non-hydrogen) atoms. The number of benzene rings is 1. The van der Waals surface area contributed by atoms with Gasteiger partial charge in [-0.05, 0) is 57.2 Å². The third kappa shape index (κ3) is 3.51. The molecular formula is C20H21ClN2O2S. The molecule has 4 rings (SSSR count). The SMILES string of the molecule is Cc1c(C(=O)NCCCc2nc3c(s2)CCCC3)oc2ccc(Cl)cc12. The van der Waals surface area contributed by atoms with Crippen LogP contribution in [0.15, 0.2) is 22.6 Å². The number of thiazole rings is 1. The molecule has 0 spiro atoms. The normalized spacial score (nSPS) is 13.8. The molecule has 0 bridgehead atoms. The summed E-state index contributed by atoms with van der Waals surface area (Å²) in [5.74, 6) is 0.195. The predicted molar refractivity (Wildman–Crippen MR) is 105 cm³/mol. The van der Waals surface area contributed by atoms with E-state index in [4.69, 9.17) is 21.0 Å². The fourth-order valence-electron chi connectivity index (χ4n) is 3.44. The van der Waals surface area contributed by atoms with E-state index in [1.54, 1.807) is 12.1 Å². The summed E-state index contributed by atoms with van der Waals surface area (Å²) >= 11 is 7.87. The first-order valence-electron chi connectivity index (χ1n) is 9.06. The largest absolute Gasteiger partial charge is 0.451 e. The zero-order chi connectivity index (χ0) is 18.1. The molecule has 136 valence electrons. The summed E-state index contributed by atoms with van der Waals surface area (Å²) < 4.78 is 5.71. The number of carbonyl (C=O) groups is 1. The van der Waals surface area contributed by atoms with E-state index in [2.05, 4.69) is 5.32 Å². The molecule has 1 N–H and O–H groups in total. The maximum atomic E-state index is 12.4. The van der Waals surface area contributed by atoms with E-state index in [1.807, 2.05) is 24.3 Å². The zero-order valence-corrected chi connectivity index (χ0v) is 16.3. The molecule has 2 aromatic heterocycles. The Kier molecular flexibility index (Phi) is 5.00. The van der Waals surface area contributed by atoms with Crippen molar-refractivity contribution in [1.29, 1.82) is 0 Å². The van der Waals surface area contributed by atoms with Crippen LogP contribution < -0.4 is 5.32 Å². The van der Waals surface area contributed by atoms with Crippen LogP contribution in [0.1, 0.15) is 51.0 Å². The summed E-state index contributed by atoms with van der Waals surface area (Å²) in [6.45, 7) is 2.50. The molecule has 2 heterocycles. The molecule has 3 aromatic rings. The topological polar surface area (TPSA) is 55.1 Å². The number of furan rings is 1. The molecule has 0 saturated carbocycles. The molecule has 0 radical (unpaired) electrons. The lowest BCUT2D eigenvalue weighted by molar-refractivity contribution is 0.0927. The fraction of sp³-hybridized carbons (Fsp3) is 0.400. The zero-order valence-electron chi connectivity index (χ0n) is 14.7. The van der Waals surface area contributed by atoms with Crippen LogP contribution in [0.3, 0.4) is 0 Å². The minimum Gasteiger partial charge on any atom is -0.451 e. The Bertz CT molecular complexity index is 937. The number of fused-ring (bicyclic) bond motifs is 2. The van der Waals surface area contributed by atoms with Crippen LogP contribution >= 0.6 is 22.9 Å². The monoisotopic (exact) mass is 388 g/mol. The number of aromatic nitrogens is 1. The van der Waals surface area contributed by atoms with Crippen molar-refractivity contribution in [2.45, 2.75) is 45.4 Å². The number of hydrogen-bond acceptors (Lipinski definition) is 4. The van der Waals surface area contributed by atoms with Crippen LogP contribution in [0.4, 0.5) is 0 Å². The Morgan fingerprint density at radius 3 is 3.04 bits per heavy atom. The van der Waals surface area contributed by atoms with E-state index in [1.165, 1.54) is 34.8 Å². The quantitative estimate of drug-likeness (QED) is 0.619. The highest BCUT2D eigenvalue weighted by atomic mass is 35.5. The first kappa shape index (κ1) is 17.6. The number of amides is 1. The van der Waals surface area contributed by atoms with Crippen molar-refractivity contribution >= 4 is 39.8 Å². The highest BCUT2D eigenvalue weighted by Gasteiger charge is 2.18. The van der Waals surface area contributed by atoms with Crippen molar-refractivity contribution in [3.8, 4) is 0 Å². The number of aryl methyl sites for hydroxylation is 4. The Labute approximate surface area is 161 Å². The number of nitrogens with one attached hydrogen (secondary N) is 1. The van der Waals surface area contributed by atoms with Crippen LogP contribution in [0.2, 0.25) is 5.02 Å². The molecule has 1 aliphatic carbocycles. The fourth-order valence-corrected chi connectivity index (χ4v) is 4.81. The van der Waals surface area contributed by atoms with Gasteiger partial charge in [0, 0.05) is 33.8 Å². The van der Waals surface area contributed by atoms with Crippen molar-refractivity contribution in [3.05, 3.63) is 50.1 Å². The summed E-state index contributed by atoms with van der Waals surface area (Å²) in [6, 6.07) is 5.39. The van der Waals surface area contributed by atoms with Crippen LogP contribution in [0.25, 0.3) is 11.0 Å². The van der Waals surface area contributed by atoms with Gasteiger partial charge >= 0.3 is 0 Å². The average molecular weight is 389 g/mol. The van der Waals surface area contributed by atoms with Gasteiger partial charge in [-0.3, -0.25) is 4.79 Å². The van der Waals surface area contributed by atoms with Crippen LogP contribution in [-0.2, 0) is 19.3 Å². The lowest BCUT2D eigenvalue weighted by atomic mass is 10.0. The minimum atomic E-state index is -0.173. The smallest absolute Gasteiger partial charge is 0.287 e. The molecule has 4 nitrogen and oxygen atoms in total. The van der Waals surface area contributed by atoms with Crippen molar-refractivity contribution in [1.82, 2.24) is 10.3 Å². The van der Waals surface area contributed by atoms with Crippen LogP contribution in [0.5, 0.6) is 0 Å². The van der Waals surface area contributed by atoms with Gasteiger partial charge in [-0.2, -0.15) is 0 Å². The van der Waals surface area contributed by atoms with E-state index >= 15 is 0 Å². The summed E-state index contributed by atoms with van der Waals surface area (Å²) in [6.07, 6.45) is 6.63. The van der Waals surface area contributed by atoms with Gasteiger partial charge in [-0.15, -0.1) is 11.3 Å². The third-order valence-electron chi connectivity index (χ3n) is 4.85. The Morgan fingerprint density at radius 1 is 1.35 bits per heavy atom. The molecule has 0 atom stereocenters. The second-order valence-corrected chi connectivity index (χ2v) is 8.35. The van der Waals surface area contributed by atoms with Gasteiger partial charge in [-0.1, -0.05) is 11.6 Å². The summed E-state index contributed by atoms with van der Waals surface area (Å²) in [7, 11) is 0. The third-order valence-corrected chi connectivity index (χ3v) is 6.30. The first-order chi connectivity index (χ1) is 12.6. The lowest BCUT2D eigenvalue weighted by Gasteiger charge is -2.06. The van der Waals surface area contributed by atoms with E-state index in [0.29, 0.717) is 22.9 Å². The maximum Gasteiger partial charge on any atom is 0.287 e. The standard InChI is InChI=1S/C20H21ClN2O2S/c1-12-14-11-13(21)8-9-16(14)25-19(12)20(24)22-10-4-7-18-23-15-5-2-3-6-17(15)26-18/h8-9,11H,2-7,10H2,1H3,(H,22,24). The number of hydrogen-bond donors (Lipinski definition) is 1. The first-order valence-corrected chi connectivity index (χ1v) is 10.3. The number of nitrogens with zero attached hydrogens (tertiary/aromatic N) is 1. The molecular weight excluding hydrogens is 368 g/mol. The summed E-state index contributed by atoms with van der Waals surface area (Å²) in [4.78, 5) is 18.7. The summed E-state index contributed by atoms with van der Waals surface area (Å²) in [5.41, 5.74) is 2.81. The van der Waals surface area contributed by atoms with Crippen molar-refractivity contribution in [3.63, 3.8) is 0 Å². The molecule has 1 aromatic carbocycles. The van der Waals surface area contributed by atoms with Gasteiger partial charge in [0.15, 0.2) is 5.76 Å². The number of halogens is 1. The molecule has 0 fully saturated rings. The minimum absolute atomic E-state index is 0.173. The highest BCUT2D eigenvalue weighted by molar-refractivity contribution is 7.11. The molecule has 0 aliphatic heterocycles. The molecule has 0 saturated heterocycles. The molecule has 0 unspecified atom stereocenters. The van der Waals surface area contributed by atoms with Crippen molar-refractivity contribution in [2.75, 3.05) is 6.54 Å². The van der Waals surface area contributed by atoms with Crippen LogP contribution in [0, 0.1) is 6.92 Å². The Hall–Kier alpha value is -1.85. The highest BCUT2D eigenvalue weighted by Crippen LogP contribution is 2.28. The van der Waals surface area contributed by atoms with Gasteiger partial charge in [0.25, 0.3) is 5.91 Å². The maximum absolute atomic E-state index is 12.4. The molecule has 1 amide bonds. The van der Waals surface area contributed by atoms with Crippen molar-refractivity contribution < 1.29 is 9.21 Å². The average Bonchev–Trinajstić information content (AvgIpc) is 3.19. The van der Waals surface area contributed by atoms with E-state index in [-0.39, 0.29) is 5.91 Å². The molecule has 1 aliphatic rings. The summed E-state index contributed by atoms with van der Waals surface area (Å²) in [5, 5.41) is 5.68. The van der Waals surface area contributed by atoms with E-state index in [9.17, 15) is 4.79 Å². The molecule has 6 heteroatoms. The Balaban J connectivity index is 1.34. The van der Waals surface area contributed by atoms with Gasteiger partial charge in [-0.25, -0.2) is 4.98 Å². The van der Waals surface area contributed by atoms with Crippen molar-refractivity contribution in [2.24, 2.45) is 0 Å². The van der Waals surface area contributed by atoms with Gasteiger partial charge in [0.1, 0.15) is 5.58 Å². The van der Waals surface area contributed by atoms with E-state index < -0.39 is 0 Å². The predicted octanol–water partition coefficient (Wildman–Crippen LogP) is 5.09. The van der Waals surface area contributed by atoms with Gasteiger partial charge < -0.3 is 9.73 Å². The van der Waals surface area contributed by atoms with Gasteiger partial charge in [0.05, 0.1) is 10.7 Å².